The minimum Gasteiger partial charge on any atom is -0.497 e. The summed E-state index contributed by atoms with van der Waals surface area (Å²) < 4.78 is 51.4. The van der Waals surface area contributed by atoms with Gasteiger partial charge in [0.25, 0.3) is 11.6 Å². The molecule has 3 aromatic rings. The summed E-state index contributed by atoms with van der Waals surface area (Å²) in [6.45, 7) is 2.15. The van der Waals surface area contributed by atoms with Crippen molar-refractivity contribution < 1.29 is 22.6 Å². The van der Waals surface area contributed by atoms with Gasteiger partial charge in [-0.1, -0.05) is 0 Å². The Bertz CT molecular complexity index is 1050. The monoisotopic (exact) mass is 407 g/mol. The first kappa shape index (κ1) is 19.3. The molecule has 29 heavy (non-hydrogen) atoms. The minimum atomic E-state index is -4.64. The van der Waals surface area contributed by atoms with E-state index in [9.17, 15) is 13.2 Å². The Morgan fingerprint density at radius 2 is 1.90 bits per heavy atom. The van der Waals surface area contributed by atoms with Crippen LogP contribution in [0.15, 0.2) is 24.3 Å². The number of benzene rings is 1. The van der Waals surface area contributed by atoms with E-state index in [1.807, 2.05) is 17.0 Å². The fraction of sp³-hybridized carbons (Fsp3) is 0.421. The molecule has 0 unspecified atom stereocenters. The Morgan fingerprint density at radius 1 is 1.14 bits per heavy atom. The van der Waals surface area contributed by atoms with Crippen LogP contribution in [-0.2, 0) is 12.7 Å². The molecule has 1 fully saturated rings. The molecule has 0 radical (unpaired) electrons. The lowest BCUT2D eigenvalue weighted by Crippen LogP contribution is -2.28. The summed E-state index contributed by atoms with van der Waals surface area (Å²) in [5.74, 6) is 0.589. The van der Waals surface area contributed by atoms with Gasteiger partial charge in [0, 0.05) is 29.9 Å². The molecule has 154 valence electrons. The van der Waals surface area contributed by atoms with Crippen LogP contribution >= 0.6 is 0 Å². The Balaban J connectivity index is 1.81. The lowest BCUT2D eigenvalue weighted by molar-refractivity contribution is -0.144. The number of ether oxygens (including phenoxy) is 2. The van der Waals surface area contributed by atoms with Crippen molar-refractivity contribution in [2.24, 2.45) is 0 Å². The van der Waals surface area contributed by atoms with Crippen LogP contribution in [0.5, 0.6) is 11.5 Å². The van der Waals surface area contributed by atoms with Gasteiger partial charge in [-0.25, -0.2) is 4.98 Å². The molecule has 0 saturated heterocycles. The van der Waals surface area contributed by atoms with Crippen molar-refractivity contribution >= 4 is 11.6 Å². The molecule has 0 atom stereocenters. The van der Waals surface area contributed by atoms with Crippen LogP contribution in [0.4, 0.5) is 19.0 Å². The molecule has 0 spiro atoms. The average molecular weight is 407 g/mol. The van der Waals surface area contributed by atoms with E-state index in [0.29, 0.717) is 29.6 Å². The van der Waals surface area contributed by atoms with Gasteiger partial charge < -0.3 is 14.4 Å². The molecule has 1 saturated carbocycles. The van der Waals surface area contributed by atoms with Crippen LogP contribution in [0.3, 0.4) is 0 Å². The lowest BCUT2D eigenvalue weighted by atomic mass is 10.1. The smallest absolute Gasteiger partial charge is 0.453 e. The van der Waals surface area contributed by atoms with Gasteiger partial charge in [0.2, 0.25) is 0 Å². The fourth-order valence-corrected chi connectivity index (χ4v) is 3.26. The van der Waals surface area contributed by atoms with Crippen molar-refractivity contribution in [2.45, 2.75) is 38.5 Å². The molecule has 1 aromatic carbocycles. The Morgan fingerprint density at radius 3 is 2.52 bits per heavy atom. The summed E-state index contributed by atoms with van der Waals surface area (Å²) in [7, 11) is 3.16. The topological polar surface area (TPSA) is 64.8 Å². The maximum Gasteiger partial charge on any atom is 0.453 e. The van der Waals surface area contributed by atoms with E-state index in [1.165, 1.54) is 4.52 Å². The second-order valence-corrected chi connectivity index (χ2v) is 6.94. The van der Waals surface area contributed by atoms with Gasteiger partial charge in [0.15, 0.2) is 0 Å². The first-order chi connectivity index (χ1) is 13.8. The van der Waals surface area contributed by atoms with Gasteiger partial charge in [-0.3, -0.25) is 0 Å². The second-order valence-electron chi connectivity index (χ2n) is 6.94. The van der Waals surface area contributed by atoms with E-state index in [4.69, 9.17) is 9.47 Å². The molecule has 0 amide bonds. The van der Waals surface area contributed by atoms with Crippen molar-refractivity contribution in [3.8, 4) is 11.5 Å². The Hall–Kier alpha value is -3.04. The minimum absolute atomic E-state index is 0.0735. The summed E-state index contributed by atoms with van der Waals surface area (Å²) >= 11 is 0. The van der Waals surface area contributed by atoms with E-state index in [0.717, 1.165) is 18.4 Å². The van der Waals surface area contributed by atoms with E-state index in [2.05, 4.69) is 15.1 Å². The molecule has 4 rings (SSSR count). The summed E-state index contributed by atoms with van der Waals surface area (Å²) in [6, 6.07) is 7.39. The van der Waals surface area contributed by atoms with Crippen LogP contribution in [0.2, 0.25) is 0 Å². The molecule has 0 N–H and O–H groups in total. The highest BCUT2D eigenvalue weighted by Gasteiger charge is 2.38. The zero-order valence-electron chi connectivity index (χ0n) is 16.2. The van der Waals surface area contributed by atoms with Gasteiger partial charge in [-0.15, -0.1) is 5.10 Å². The molecular weight excluding hydrogens is 387 g/mol. The van der Waals surface area contributed by atoms with Crippen molar-refractivity contribution in [1.29, 1.82) is 0 Å². The van der Waals surface area contributed by atoms with Gasteiger partial charge in [0.05, 0.1) is 14.2 Å². The maximum atomic E-state index is 13.1. The van der Waals surface area contributed by atoms with Crippen LogP contribution in [-0.4, -0.2) is 39.8 Å². The number of fused-ring (bicyclic) bond motifs is 1. The largest absolute Gasteiger partial charge is 0.497 e. The number of nitrogens with zero attached hydrogens (tertiary/aromatic N) is 5. The van der Waals surface area contributed by atoms with E-state index < -0.39 is 12.0 Å². The van der Waals surface area contributed by atoms with Gasteiger partial charge in [-0.2, -0.15) is 22.7 Å². The third-order valence-corrected chi connectivity index (χ3v) is 4.79. The summed E-state index contributed by atoms with van der Waals surface area (Å²) in [4.78, 5) is 9.72. The number of rotatable bonds is 6. The first-order valence-corrected chi connectivity index (χ1v) is 9.09. The standard InChI is InChI=1S/C19H20F3N5O2/c1-11-8-16(27-18(23-11)24-17(25-27)19(20,21)22)26(13-4-5-13)10-12-9-14(28-2)6-7-15(12)29-3/h6-9,13H,4-5,10H2,1-3H3. The molecule has 10 heteroatoms. The van der Waals surface area contributed by atoms with Gasteiger partial charge in [0.1, 0.15) is 17.3 Å². The second kappa shape index (κ2) is 7.09. The number of hydrogen-bond acceptors (Lipinski definition) is 6. The van der Waals surface area contributed by atoms with Crippen molar-refractivity contribution in [3.05, 3.63) is 41.3 Å². The predicted molar refractivity (Wildman–Crippen MR) is 99.3 cm³/mol. The molecular formula is C19H20F3N5O2. The molecule has 1 aliphatic carbocycles. The van der Waals surface area contributed by atoms with E-state index in [-0.39, 0.29) is 11.8 Å². The van der Waals surface area contributed by atoms with Gasteiger partial charge in [-0.05, 0) is 38.0 Å². The molecule has 7 nitrogen and oxygen atoms in total. The highest BCUT2D eigenvalue weighted by molar-refractivity contribution is 5.52. The molecule has 0 bridgehead atoms. The molecule has 2 aromatic heterocycles. The quantitative estimate of drug-likeness (QED) is 0.622. The van der Waals surface area contributed by atoms with Gasteiger partial charge >= 0.3 is 6.18 Å². The normalized spacial score (nSPS) is 14.3. The Kier molecular flexibility index (Phi) is 4.71. The number of methoxy groups -OCH3 is 2. The van der Waals surface area contributed by atoms with E-state index in [1.54, 1.807) is 33.3 Å². The number of hydrogen-bond donors (Lipinski definition) is 0. The van der Waals surface area contributed by atoms with Crippen molar-refractivity contribution in [3.63, 3.8) is 0 Å². The third kappa shape index (κ3) is 3.79. The Labute approximate surface area is 165 Å². The maximum absolute atomic E-state index is 13.1. The summed E-state index contributed by atoms with van der Waals surface area (Å²) in [5, 5.41) is 3.69. The predicted octanol–water partition coefficient (Wildman–Crippen LogP) is 3.64. The molecule has 0 aliphatic heterocycles. The SMILES string of the molecule is COc1ccc(OC)c(CN(c2cc(C)nc3nc(C(F)(F)F)nn23)C2CC2)c1. The lowest BCUT2D eigenvalue weighted by Gasteiger charge is -2.26. The van der Waals surface area contributed by atoms with Crippen LogP contribution in [0.25, 0.3) is 5.78 Å². The molecule has 1 aliphatic rings. The highest BCUT2D eigenvalue weighted by atomic mass is 19.4. The van der Waals surface area contributed by atoms with Crippen LogP contribution < -0.4 is 14.4 Å². The van der Waals surface area contributed by atoms with Crippen molar-refractivity contribution in [1.82, 2.24) is 19.6 Å². The van der Waals surface area contributed by atoms with Crippen LogP contribution in [0, 0.1) is 6.92 Å². The first-order valence-electron chi connectivity index (χ1n) is 9.09. The fourth-order valence-electron chi connectivity index (χ4n) is 3.26. The van der Waals surface area contributed by atoms with E-state index >= 15 is 0 Å². The summed E-state index contributed by atoms with van der Waals surface area (Å²) in [6.07, 6.45) is -2.76. The summed E-state index contributed by atoms with van der Waals surface area (Å²) in [5.41, 5.74) is 1.43. The number of anilines is 1. The number of aryl methyl sites for hydroxylation is 1. The third-order valence-electron chi connectivity index (χ3n) is 4.79. The highest BCUT2D eigenvalue weighted by Crippen LogP contribution is 2.36. The zero-order valence-corrected chi connectivity index (χ0v) is 16.2. The number of alkyl halides is 3. The van der Waals surface area contributed by atoms with Crippen molar-refractivity contribution in [2.75, 3.05) is 19.1 Å². The molecule has 2 heterocycles. The number of aromatic nitrogens is 4. The zero-order chi connectivity index (χ0) is 20.8. The average Bonchev–Trinajstić information content (AvgIpc) is 3.42. The van der Waals surface area contributed by atoms with Crippen LogP contribution in [0.1, 0.15) is 29.9 Å². The number of halogens is 3.